The second-order valence-electron chi connectivity index (χ2n) is 17.7. The summed E-state index contributed by atoms with van der Waals surface area (Å²) in [4.78, 5) is 0. The van der Waals surface area contributed by atoms with Crippen LogP contribution in [0.15, 0.2) is 170 Å². The van der Waals surface area contributed by atoms with Gasteiger partial charge in [-0.25, -0.2) is 0 Å². The Balaban J connectivity index is 0.812. The normalized spacial score (nSPS) is 11.0. The molecule has 0 heterocycles. The summed E-state index contributed by atoms with van der Waals surface area (Å²) in [5.41, 5.74) is 13.6. The lowest BCUT2D eigenvalue weighted by Crippen LogP contribution is -2.06. The van der Waals surface area contributed by atoms with Gasteiger partial charge in [-0.3, -0.25) is 0 Å². The minimum atomic E-state index is 0.635. The van der Waals surface area contributed by atoms with Crippen molar-refractivity contribution in [2.45, 2.75) is 85.0 Å². The fourth-order valence-corrected chi connectivity index (χ4v) is 8.47. The summed E-state index contributed by atoms with van der Waals surface area (Å²) < 4.78 is 0. The number of rotatable bonds is 12. The molecule has 0 saturated heterocycles. The quantitative estimate of drug-likeness (QED) is 0.0849. The molecule has 0 heteroatoms. The number of unbranched alkanes of at least 4 members (excludes halogenated alkanes) is 3. The zero-order valence-corrected chi connectivity index (χ0v) is 38.8. The molecule has 0 fully saturated rings. The fraction of sp³-hybridized carbons (Fsp3) is 0.212. The number of hydrogen-bond donors (Lipinski definition) is 0. The Morgan fingerprint density at radius 1 is 0.318 bits per heavy atom. The molecular weight excluding hydrogens is 793 g/mol. The van der Waals surface area contributed by atoms with Crippen LogP contribution in [0.4, 0.5) is 0 Å². The van der Waals surface area contributed by atoms with E-state index in [0.717, 1.165) is 63.8 Å². The van der Waals surface area contributed by atoms with Crippen molar-refractivity contribution in [3.8, 4) is 47.4 Å². The summed E-state index contributed by atoms with van der Waals surface area (Å²) in [6.07, 6.45) is 12.1. The van der Waals surface area contributed by atoms with Gasteiger partial charge in [-0.15, -0.1) is 0 Å². The van der Waals surface area contributed by atoms with E-state index in [1.54, 1.807) is 0 Å². The minimum Gasteiger partial charge on any atom is -0.0654 e. The average molecular weight is 851 g/mol. The lowest BCUT2D eigenvalue weighted by atomic mass is 9.89. The highest BCUT2D eigenvalue weighted by Crippen LogP contribution is 2.23. The zero-order chi connectivity index (χ0) is 45.3. The largest absolute Gasteiger partial charge is 0.0654 e. The first-order valence-electron chi connectivity index (χ1n) is 23.9. The summed E-state index contributed by atoms with van der Waals surface area (Å²) >= 11 is 0. The molecule has 1 unspecified atom stereocenters. The first kappa shape index (κ1) is 45.1. The average Bonchev–Trinajstić information content (AvgIpc) is 3.36. The highest BCUT2D eigenvalue weighted by molar-refractivity contribution is 5.86. The van der Waals surface area contributed by atoms with Crippen LogP contribution in [-0.4, -0.2) is 0 Å². The molecular formula is C66H58. The van der Waals surface area contributed by atoms with E-state index in [2.05, 4.69) is 238 Å². The fourth-order valence-electron chi connectivity index (χ4n) is 8.47. The third-order valence-electron chi connectivity index (χ3n) is 12.4. The standard InChI is InChI=1S/C66H58/c1-4-6-7-8-10-51-15-17-53(18-16-51)27-34-60-38-42-66-48-61(39-43-65(66)47-60)35-28-55-21-19-54(20-22-55)23-30-57(9-5-2)45-58-31-24-56(25-32-58)29-36-62-40-44-63-46-59(37-41-64(63)49-62)33-26-52-13-11-50(3)12-14-52/h11-22,24-25,31-32,37-44,46-49,57H,4-10,23,30,45H2,1-3H3. The van der Waals surface area contributed by atoms with Gasteiger partial charge in [-0.05, 0) is 180 Å². The second-order valence-corrected chi connectivity index (χ2v) is 17.7. The van der Waals surface area contributed by atoms with Gasteiger partial charge in [0.2, 0.25) is 0 Å². The summed E-state index contributed by atoms with van der Waals surface area (Å²) in [6.45, 7) is 6.65. The van der Waals surface area contributed by atoms with Crippen molar-refractivity contribution in [1.82, 2.24) is 0 Å². The van der Waals surface area contributed by atoms with E-state index in [1.807, 2.05) is 0 Å². The highest BCUT2D eigenvalue weighted by atomic mass is 14.2. The molecule has 8 rings (SSSR count). The third kappa shape index (κ3) is 13.3. The maximum Gasteiger partial charge on any atom is 0.0255 e. The van der Waals surface area contributed by atoms with Crippen LogP contribution in [-0.2, 0) is 19.3 Å². The molecule has 0 aromatic heterocycles. The number of aryl methyl sites for hydroxylation is 3. The Kier molecular flexibility index (Phi) is 15.7. The first-order chi connectivity index (χ1) is 32.4. The van der Waals surface area contributed by atoms with Gasteiger partial charge in [-0.1, -0.05) is 172 Å². The zero-order valence-electron chi connectivity index (χ0n) is 38.8. The van der Waals surface area contributed by atoms with Gasteiger partial charge in [-0.2, -0.15) is 0 Å². The van der Waals surface area contributed by atoms with Gasteiger partial charge in [0, 0.05) is 44.5 Å². The topological polar surface area (TPSA) is 0 Å². The molecule has 0 saturated carbocycles. The number of benzene rings is 8. The Bertz CT molecular complexity index is 3150. The molecule has 0 nitrogen and oxygen atoms in total. The van der Waals surface area contributed by atoms with Crippen LogP contribution in [0.2, 0.25) is 0 Å². The van der Waals surface area contributed by atoms with Crippen LogP contribution in [0.1, 0.15) is 126 Å². The Morgan fingerprint density at radius 2 is 0.667 bits per heavy atom. The van der Waals surface area contributed by atoms with Crippen molar-refractivity contribution >= 4 is 21.5 Å². The van der Waals surface area contributed by atoms with E-state index < -0.39 is 0 Å². The molecule has 0 aliphatic rings. The Hall–Kier alpha value is -7.48. The second kappa shape index (κ2) is 22.9. The Labute approximate surface area is 394 Å². The summed E-state index contributed by atoms with van der Waals surface area (Å²) in [7, 11) is 0. The van der Waals surface area contributed by atoms with E-state index in [-0.39, 0.29) is 0 Å². The molecule has 8 aromatic rings. The summed E-state index contributed by atoms with van der Waals surface area (Å²) in [5.74, 6) is 27.5. The Morgan fingerprint density at radius 3 is 1.06 bits per heavy atom. The van der Waals surface area contributed by atoms with Gasteiger partial charge in [0.15, 0.2) is 0 Å². The molecule has 8 aromatic carbocycles. The van der Waals surface area contributed by atoms with Crippen molar-refractivity contribution in [1.29, 1.82) is 0 Å². The van der Waals surface area contributed by atoms with E-state index in [9.17, 15) is 0 Å². The molecule has 0 aliphatic heterocycles. The van der Waals surface area contributed by atoms with Gasteiger partial charge >= 0.3 is 0 Å². The molecule has 0 aliphatic carbocycles. The van der Waals surface area contributed by atoms with E-state index >= 15 is 0 Å². The molecule has 1 atom stereocenters. The maximum absolute atomic E-state index is 3.40. The van der Waals surface area contributed by atoms with Gasteiger partial charge < -0.3 is 0 Å². The van der Waals surface area contributed by atoms with Crippen molar-refractivity contribution in [2.24, 2.45) is 5.92 Å². The summed E-state index contributed by atoms with van der Waals surface area (Å²) in [6, 6.07) is 60.5. The molecule has 0 radical (unpaired) electrons. The van der Waals surface area contributed by atoms with Crippen LogP contribution in [0.25, 0.3) is 21.5 Å². The summed E-state index contributed by atoms with van der Waals surface area (Å²) in [5, 5.41) is 4.69. The molecule has 0 N–H and O–H groups in total. The third-order valence-corrected chi connectivity index (χ3v) is 12.4. The molecule has 0 spiro atoms. The monoisotopic (exact) mass is 850 g/mol. The maximum atomic E-state index is 3.40. The minimum absolute atomic E-state index is 0.635. The van der Waals surface area contributed by atoms with Gasteiger partial charge in [0.05, 0.1) is 0 Å². The van der Waals surface area contributed by atoms with E-state index in [1.165, 1.54) is 88.7 Å². The lowest BCUT2D eigenvalue weighted by Gasteiger charge is -2.16. The van der Waals surface area contributed by atoms with Crippen molar-refractivity contribution in [3.05, 3.63) is 237 Å². The molecule has 0 amide bonds. The van der Waals surface area contributed by atoms with Crippen molar-refractivity contribution in [2.75, 3.05) is 0 Å². The molecule has 66 heavy (non-hydrogen) atoms. The number of fused-ring (bicyclic) bond motifs is 2. The van der Waals surface area contributed by atoms with Crippen LogP contribution in [0, 0.1) is 60.2 Å². The smallest absolute Gasteiger partial charge is 0.0255 e. The van der Waals surface area contributed by atoms with Gasteiger partial charge in [0.1, 0.15) is 0 Å². The van der Waals surface area contributed by atoms with Crippen molar-refractivity contribution < 1.29 is 0 Å². The van der Waals surface area contributed by atoms with E-state index in [4.69, 9.17) is 0 Å². The highest BCUT2D eigenvalue weighted by Gasteiger charge is 2.10. The van der Waals surface area contributed by atoms with E-state index in [0.29, 0.717) is 5.92 Å². The number of hydrogen-bond acceptors (Lipinski definition) is 0. The van der Waals surface area contributed by atoms with Crippen LogP contribution >= 0.6 is 0 Å². The van der Waals surface area contributed by atoms with Crippen LogP contribution < -0.4 is 0 Å². The van der Waals surface area contributed by atoms with Gasteiger partial charge in [0.25, 0.3) is 0 Å². The first-order valence-corrected chi connectivity index (χ1v) is 23.9. The molecule has 322 valence electrons. The predicted molar refractivity (Wildman–Crippen MR) is 281 cm³/mol. The van der Waals surface area contributed by atoms with Crippen LogP contribution in [0.5, 0.6) is 0 Å². The molecule has 0 bridgehead atoms. The predicted octanol–water partition coefficient (Wildman–Crippen LogP) is 15.6. The van der Waals surface area contributed by atoms with Crippen LogP contribution in [0.3, 0.4) is 0 Å². The SMILES string of the molecule is CCCCCCc1ccc(C#Cc2ccc3cc(C#Cc4ccc(CCC(CCC)Cc5ccc(C#Cc6ccc7cc(C#Cc8ccc(C)cc8)ccc7c6)cc5)cc4)ccc3c2)cc1. The van der Waals surface area contributed by atoms with Crippen molar-refractivity contribution in [3.63, 3.8) is 0 Å². The lowest BCUT2D eigenvalue weighted by molar-refractivity contribution is 0.443.